The Morgan fingerprint density at radius 2 is 1.67 bits per heavy atom. The summed E-state index contributed by atoms with van der Waals surface area (Å²) in [4.78, 5) is 12.3. The van der Waals surface area contributed by atoms with E-state index in [-0.39, 0.29) is 5.96 Å². The number of halogens is 2. The van der Waals surface area contributed by atoms with Gasteiger partial charge in [0.15, 0.2) is 0 Å². The lowest BCUT2D eigenvalue weighted by molar-refractivity contribution is 0.0976. The first-order valence-corrected chi connectivity index (χ1v) is 11.5. The van der Waals surface area contributed by atoms with Crippen molar-refractivity contribution in [2.24, 2.45) is 16.7 Å². The van der Waals surface area contributed by atoms with Crippen molar-refractivity contribution in [3.05, 3.63) is 94.0 Å². The predicted molar refractivity (Wildman–Crippen MR) is 142 cm³/mol. The highest BCUT2D eigenvalue weighted by Gasteiger charge is 2.14. The van der Waals surface area contributed by atoms with Gasteiger partial charge in [0.25, 0.3) is 5.91 Å². The van der Waals surface area contributed by atoms with E-state index >= 15 is 0 Å². The van der Waals surface area contributed by atoms with Crippen molar-refractivity contribution in [3.8, 4) is 28.3 Å². The van der Waals surface area contributed by atoms with E-state index in [9.17, 15) is 4.79 Å². The molecule has 0 bridgehead atoms. The van der Waals surface area contributed by atoms with Crippen molar-refractivity contribution in [3.63, 3.8) is 0 Å². The first-order valence-electron chi connectivity index (χ1n) is 10.7. The summed E-state index contributed by atoms with van der Waals surface area (Å²) in [6.07, 6.45) is 0. The number of amides is 1. The number of aromatic nitrogens is 2. The number of hydrogen-bond donors (Lipinski definition) is 4. The number of methoxy groups -OCH3 is 1. The molecule has 0 aliphatic carbocycles. The summed E-state index contributed by atoms with van der Waals surface area (Å²) >= 11 is 12.6. The number of rotatable bonds is 7. The fourth-order valence-electron chi connectivity index (χ4n) is 3.59. The van der Waals surface area contributed by atoms with Crippen LogP contribution in [-0.4, -0.2) is 28.8 Å². The molecule has 0 spiro atoms. The molecule has 0 radical (unpaired) electrons. The van der Waals surface area contributed by atoms with Crippen LogP contribution >= 0.6 is 23.2 Å². The number of hydrazine groups is 1. The number of carbonyl (C=O) groups is 1. The minimum Gasteiger partial charge on any atom is -0.497 e. The molecule has 1 heterocycles. The van der Waals surface area contributed by atoms with Crippen LogP contribution in [0.4, 0.5) is 0 Å². The number of nitrogens with zero attached hydrogens (tertiary/aromatic N) is 3. The highest BCUT2D eigenvalue weighted by molar-refractivity contribution is 6.35. The fourth-order valence-corrected chi connectivity index (χ4v) is 4.12. The molecule has 11 heteroatoms. The first kappa shape index (κ1) is 25.1. The van der Waals surface area contributed by atoms with Crippen molar-refractivity contribution in [1.82, 2.24) is 20.6 Å². The SMILES string of the molecule is COc1ccc(-c2cc(-c3cc(Cl)cc(Cl)c3)n(Cc3ccc(C(=O)N/C(N)=N/NN)cc3)n2)cc1. The molecule has 6 N–H and O–H groups in total. The number of hydrogen-bond acceptors (Lipinski definition) is 6. The van der Waals surface area contributed by atoms with Crippen LogP contribution in [0.15, 0.2) is 77.9 Å². The minimum atomic E-state index is -0.409. The van der Waals surface area contributed by atoms with Crippen molar-refractivity contribution < 1.29 is 9.53 Å². The molecule has 0 atom stereocenters. The van der Waals surface area contributed by atoms with E-state index in [1.165, 1.54) is 0 Å². The summed E-state index contributed by atoms with van der Waals surface area (Å²) in [6.45, 7) is 0.443. The molecule has 0 fully saturated rings. The average molecular weight is 524 g/mol. The molecule has 0 saturated carbocycles. The summed E-state index contributed by atoms with van der Waals surface area (Å²) < 4.78 is 7.13. The van der Waals surface area contributed by atoms with Gasteiger partial charge in [-0.05, 0) is 66.2 Å². The van der Waals surface area contributed by atoms with Gasteiger partial charge in [0.2, 0.25) is 5.96 Å². The number of carbonyl (C=O) groups excluding carboxylic acids is 1. The number of nitrogens with one attached hydrogen (secondary N) is 2. The molecule has 184 valence electrons. The van der Waals surface area contributed by atoms with Crippen molar-refractivity contribution in [2.75, 3.05) is 7.11 Å². The van der Waals surface area contributed by atoms with Crippen LogP contribution in [0.25, 0.3) is 22.5 Å². The van der Waals surface area contributed by atoms with Gasteiger partial charge in [-0.2, -0.15) is 5.10 Å². The number of ether oxygens (including phenoxy) is 1. The molecule has 0 aliphatic rings. The minimum absolute atomic E-state index is 0.140. The summed E-state index contributed by atoms with van der Waals surface area (Å²) in [5, 5.41) is 11.8. The van der Waals surface area contributed by atoms with Crippen LogP contribution in [0.1, 0.15) is 15.9 Å². The van der Waals surface area contributed by atoms with Gasteiger partial charge in [-0.25, -0.2) is 11.4 Å². The zero-order valence-electron chi connectivity index (χ0n) is 19.2. The molecule has 1 amide bonds. The Balaban J connectivity index is 1.66. The molecule has 3 aromatic carbocycles. The zero-order chi connectivity index (χ0) is 25.7. The van der Waals surface area contributed by atoms with E-state index in [0.717, 1.165) is 33.8 Å². The lowest BCUT2D eigenvalue weighted by Crippen LogP contribution is -2.39. The smallest absolute Gasteiger partial charge is 0.257 e. The molecule has 4 aromatic rings. The Morgan fingerprint density at radius 3 is 2.28 bits per heavy atom. The predicted octanol–water partition coefficient (Wildman–Crippen LogP) is 4.00. The lowest BCUT2D eigenvalue weighted by Gasteiger charge is -2.10. The highest BCUT2D eigenvalue weighted by atomic mass is 35.5. The molecular formula is C25H23Cl2N7O2. The number of nitrogens with two attached hydrogens (primary N) is 2. The second-order valence-corrected chi connectivity index (χ2v) is 8.61. The third kappa shape index (κ3) is 5.95. The van der Waals surface area contributed by atoms with E-state index < -0.39 is 5.91 Å². The first-order chi connectivity index (χ1) is 17.4. The molecular weight excluding hydrogens is 501 g/mol. The lowest BCUT2D eigenvalue weighted by atomic mass is 10.1. The van der Waals surface area contributed by atoms with Gasteiger partial charge in [-0.3, -0.25) is 14.8 Å². The van der Waals surface area contributed by atoms with Crippen molar-refractivity contribution in [1.29, 1.82) is 0 Å². The monoisotopic (exact) mass is 523 g/mol. The van der Waals surface area contributed by atoms with Gasteiger partial charge in [0.1, 0.15) is 5.75 Å². The molecule has 0 unspecified atom stereocenters. The molecule has 1 aromatic heterocycles. The van der Waals surface area contributed by atoms with Gasteiger partial charge in [0.05, 0.1) is 25.0 Å². The van der Waals surface area contributed by atoms with Gasteiger partial charge in [0, 0.05) is 26.7 Å². The number of hydrazone groups is 1. The Labute approximate surface area is 217 Å². The third-order valence-corrected chi connectivity index (χ3v) is 5.74. The molecule has 0 saturated heterocycles. The van der Waals surface area contributed by atoms with Gasteiger partial charge < -0.3 is 10.5 Å². The average Bonchev–Trinajstić information content (AvgIpc) is 3.28. The standard InChI is InChI=1S/C25H23Cl2N7O2/c1-36-21-8-6-16(7-9-21)22-13-23(18-10-19(26)12-20(27)11-18)34(32-22)14-15-2-4-17(5-3-15)24(35)30-25(28)31-33-29/h2-13,33H,14,29H2,1H3,(H3,28,30,31,35). The Bertz CT molecular complexity index is 1380. The molecule has 0 aliphatic heterocycles. The molecule has 9 nitrogen and oxygen atoms in total. The Morgan fingerprint density at radius 1 is 1.00 bits per heavy atom. The summed E-state index contributed by atoms with van der Waals surface area (Å²) in [5.41, 5.74) is 12.3. The summed E-state index contributed by atoms with van der Waals surface area (Å²) in [7, 11) is 1.62. The maximum absolute atomic E-state index is 12.3. The van der Waals surface area contributed by atoms with E-state index in [1.54, 1.807) is 25.3 Å². The van der Waals surface area contributed by atoms with Crippen LogP contribution in [0.3, 0.4) is 0 Å². The van der Waals surface area contributed by atoms with Crippen molar-refractivity contribution >= 4 is 35.1 Å². The van der Waals surface area contributed by atoms with E-state index in [0.29, 0.717) is 22.2 Å². The Kier molecular flexibility index (Phi) is 7.74. The maximum Gasteiger partial charge on any atom is 0.257 e. The summed E-state index contributed by atoms with van der Waals surface area (Å²) in [6, 6.07) is 22.1. The van der Waals surface area contributed by atoms with Crippen LogP contribution in [0.5, 0.6) is 5.75 Å². The van der Waals surface area contributed by atoms with Crippen LogP contribution in [0.2, 0.25) is 10.0 Å². The topological polar surface area (TPSA) is 133 Å². The molecule has 4 rings (SSSR count). The van der Waals surface area contributed by atoms with Gasteiger partial charge in [-0.15, -0.1) is 5.10 Å². The quantitative estimate of drug-likeness (QED) is 0.125. The van der Waals surface area contributed by atoms with E-state index in [4.69, 9.17) is 44.6 Å². The fraction of sp³-hybridized carbons (Fsp3) is 0.0800. The molecule has 36 heavy (non-hydrogen) atoms. The number of guanidine groups is 1. The highest BCUT2D eigenvalue weighted by Crippen LogP contribution is 2.31. The Hall–Kier alpha value is -4.05. The largest absolute Gasteiger partial charge is 0.497 e. The normalized spacial score (nSPS) is 11.3. The van der Waals surface area contributed by atoms with Crippen LogP contribution in [0, 0.1) is 0 Å². The number of benzene rings is 3. The van der Waals surface area contributed by atoms with Gasteiger partial charge >= 0.3 is 0 Å². The van der Waals surface area contributed by atoms with E-state index in [1.807, 2.05) is 64.8 Å². The van der Waals surface area contributed by atoms with Crippen LogP contribution < -0.4 is 27.2 Å². The second kappa shape index (κ2) is 11.1. The van der Waals surface area contributed by atoms with Crippen molar-refractivity contribution in [2.45, 2.75) is 6.54 Å². The van der Waals surface area contributed by atoms with Crippen LogP contribution in [-0.2, 0) is 6.54 Å². The van der Waals surface area contributed by atoms with E-state index in [2.05, 4.69) is 10.4 Å². The summed E-state index contributed by atoms with van der Waals surface area (Å²) in [5.74, 6) is 5.27. The second-order valence-electron chi connectivity index (χ2n) is 7.74. The zero-order valence-corrected chi connectivity index (χ0v) is 20.7. The van der Waals surface area contributed by atoms with Gasteiger partial charge in [-0.1, -0.05) is 35.3 Å². The maximum atomic E-state index is 12.3. The third-order valence-electron chi connectivity index (χ3n) is 5.30.